The second kappa shape index (κ2) is 7.05. The van der Waals surface area contributed by atoms with Gasteiger partial charge in [0.2, 0.25) is 4.80 Å². The summed E-state index contributed by atoms with van der Waals surface area (Å²) in [5.74, 6) is 0. The number of rotatable bonds is 3. The van der Waals surface area contributed by atoms with E-state index in [0.29, 0.717) is 32.6 Å². The molecule has 0 saturated heterocycles. The lowest BCUT2D eigenvalue weighted by Crippen LogP contribution is -2.27. The molecule has 24 heavy (non-hydrogen) atoms. The van der Waals surface area contributed by atoms with E-state index in [1.165, 1.54) is 4.57 Å². The second-order valence-corrected chi connectivity index (χ2v) is 6.49. The molecule has 0 amide bonds. The van der Waals surface area contributed by atoms with Crippen molar-refractivity contribution in [2.24, 2.45) is 4.99 Å². The van der Waals surface area contributed by atoms with Crippen molar-refractivity contribution in [2.45, 2.75) is 6.54 Å². The van der Waals surface area contributed by atoms with E-state index in [0.717, 1.165) is 17.1 Å². The zero-order valence-electron chi connectivity index (χ0n) is 12.2. The summed E-state index contributed by atoms with van der Waals surface area (Å²) in [6.45, 7) is 0.314. The Bertz CT molecular complexity index is 1060. The molecule has 0 aliphatic carbocycles. The first-order chi connectivity index (χ1) is 11.6. The molecule has 3 rings (SSSR count). The molecule has 1 N–H and O–H groups in total. The van der Waals surface area contributed by atoms with Gasteiger partial charge in [-0.3, -0.25) is 8.94 Å². The lowest BCUT2D eigenvalue weighted by molar-refractivity contribution is 0.727. The maximum Gasteiger partial charge on any atom is 0.337 e. The Morgan fingerprint density at radius 2 is 2.04 bits per heavy atom. The lowest BCUT2D eigenvalue weighted by atomic mass is 10.1. The number of hydrogen-bond donors (Lipinski definition) is 1. The van der Waals surface area contributed by atoms with E-state index in [1.54, 1.807) is 36.4 Å². The molecule has 5 nitrogen and oxygen atoms in total. The van der Waals surface area contributed by atoms with E-state index in [1.807, 2.05) is 6.07 Å². The lowest BCUT2D eigenvalue weighted by Gasteiger charge is -2.02. The monoisotopic (exact) mass is 376 g/mol. The van der Waals surface area contributed by atoms with Crippen LogP contribution in [0.4, 0.5) is 5.69 Å². The number of aromatic nitrogens is 2. The number of aromatic amines is 1. The number of nitrogens with one attached hydrogen (secondary N) is 1. The molecule has 2 aromatic carbocycles. The van der Waals surface area contributed by atoms with Gasteiger partial charge in [0.05, 0.1) is 33.9 Å². The molecule has 0 saturated carbocycles. The predicted octanol–water partition coefficient (Wildman–Crippen LogP) is 3.70. The Labute approximate surface area is 151 Å². The smallest absolute Gasteiger partial charge is 0.263 e. The highest BCUT2D eigenvalue weighted by molar-refractivity contribution is 7.02. The molecule has 1 aromatic heterocycles. The molecule has 120 valence electrons. The van der Waals surface area contributed by atoms with E-state index in [-0.39, 0.29) is 5.69 Å². The van der Waals surface area contributed by atoms with E-state index in [2.05, 4.69) is 15.4 Å². The van der Waals surface area contributed by atoms with Gasteiger partial charge in [0.1, 0.15) is 0 Å². The Balaban J connectivity index is 2.02. The van der Waals surface area contributed by atoms with Gasteiger partial charge in [-0.05, 0) is 47.4 Å². The van der Waals surface area contributed by atoms with Crippen LogP contribution >= 0.6 is 34.7 Å². The van der Waals surface area contributed by atoms with Crippen LogP contribution in [-0.2, 0) is 6.54 Å². The number of nitriles is 1. The zero-order valence-corrected chi connectivity index (χ0v) is 14.5. The molecule has 0 bridgehead atoms. The summed E-state index contributed by atoms with van der Waals surface area (Å²) in [5, 5.41) is 9.82. The van der Waals surface area contributed by atoms with E-state index < -0.39 is 0 Å². The minimum Gasteiger partial charge on any atom is -0.263 e. The van der Waals surface area contributed by atoms with E-state index in [4.69, 9.17) is 28.5 Å². The van der Waals surface area contributed by atoms with Gasteiger partial charge in [-0.1, -0.05) is 35.3 Å². The van der Waals surface area contributed by atoms with Gasteiger partial charge in [-0.2, -0.15) is 5.26 Å². The molecule has 0 radical (unpaired) electrons. The van der Waals surface area contributed by atoms with Crippen molar-refractivity contribution in [3.8, 4) is 6.07 Å². The van der Waals surface area contributed by atoms with Gasteiger partial charge in [0.15, 0.2) is 0 Å². The standard InChI is InChI=1S/C16H10Cl2N4OS/c17-13-5-4-12(7-14(13)18)20-16-22(15(23)21-24-16)9-11-3-1-2-10(6-11)8-19/h1-7H,9H2,(H,21,23). The van der Waals surface area contributed by atoms with Gasteiger partial charge < -0.3 is 0 Å². The van der Waals surface area contributed by atoms with Crippen LogP contribution in [0.3, 0.4) is 0 Å². The third-order valence-electron chi connectivity index (χ3n) is 3.23. The average molecular weight is 377 g/mol. The van der Waals surface area contributed by atoms with Crippen molar-refractivity contribution >= 4 is 40.4 Å². The van der Waals surface area contributed by atoms with Crippen LogP contribution in [0.25, 0.3) is 0 Å². The van der Waals surface area contributed by atoms with Gasteiger partial charge in [-0.25, -0.2) is 9.79 Å². The summed E-state index contributed by atoms with van der Waals surface area (Å²) in [6.07, 6.45) is 0. The molecular weight excluding hydrogens is 367 g/mol. The number of benzene rings is 2. The number of hydrogen-bond acceptors (Lipinski definition) is 4. The first-order valence-corrected chi connectivity index (χ1v) is 8.41. The largest absolute Gasteiger partial charge is 0.337 e. The molecule has 8 heteroatoms. The Hall–Kier alpha value is -2.33. The zero-order chi connectivity index (χ0) is 17.1. The summed E-state index contributed by atoms with van der Waals surface area (Å²) in [7, 11) is 0. The molecule has 0 spiro atoms. The summed E-state index contributed by atoms with van der Waals surface area (Å²) in [6, 6.07) is 14.2. The highest BCUT2D eigenvalue weighted by Crippen LogP contribution is 2.26. The van der Waals surface area contributed by atoms with E-state index in [9.17, 15) is 4.79 Å². The van der Waals surface area contributed by atoms with Gasteiger partial charge >= 0.3 is 5.69 Å². The highest BCUT2D eigenvalue weighted by atomic mass is 35.5. The number of nitrogens with zero attached hydrogens (tertiary/aromatic N) is 3. The number of H-pyrrole nitrogens is 1. The molecule has 0 unspecified atom stereocenters. The maximum atomic E-state index is 12.1. The summed E-state index contributed by atoms with van der Waals surface area (Å²) in [5.41, 5.74) is 1.72. The van der Waals surface area contributed by atoms with Crippen LogP contribution < -0.4 is 10.5 Å². The summed E-state index contributed by atoms with van der Waals surface area (Å²) < 4.78 is 4.17. The minimum absolute atomic E-state index is 0.263. The molecule has 0 aliphatic rings. The van der Waals surface area contributed by atoms with Crippen LogP contribution in [0.2, 0.25) is 10.0 Å². The second-order valence-electron chi connectivity index (χ2n) is 4.90. The highest BCUT2D eigenvalue weighted by Gasteiger charge is 2.05. The summed E-state index contributed by atoms with van der Waals surface area (Å²) in [4.78, 5) is 17.0. The van der Waals surface area contributed by atoms with Crippen molar-refractivity contribution in [3.05, 3.63) is 78.9 Å². The van der Waals surface area contributed by atoms with Crippen LogP contribution in [0.15, 0.2) is 52.3 Å². The van der Waals surface area contributed by atoms with Crippen LogP contribution in [-0.4, -0.2) is 8.94 Å². The molecule has 1 heterocycles. The fraction of sp³-hybridized carbons (Fsp3) is 0.0625. The molecule has 0 aliphatic heterocycles. The molecular formula is C16H10Cl2N4OS. The van der Waals surface area contributed by atoms with Crippen molar-refractivity contribution in [1.29, 1.82) is 5.26 Å². The van der Waals surface area contributed by atoms with Gasteiger partial charge in [0, 0.05) is 0 Å². The molecule has 0 atom stereocenters. The van der Waals surface area contributed by atoms with Crippen molar-refractivity contribution < 1.29 is 0 Å². The minimum atomic E-state index is -0.263. The molecule has 3 aromatic rings. The van der Waals surface area contributed by atoms with Crippen molar-refractivity contribution in [2.75, 3.05) is 0 Å². The Morgan fingerprint density at radius 1 is 1.21 bits per heavy atom. The fourth-order valence-electron chi connectivity index (χ4n) is 2.10. The third-order valence-corrected chi connectivity index (χ3v) is 4.74. The third kappa shape index (κ3) is 3.60. The summed E-state index contributed by atoms with van der Waals surface area (Å²) >= 11 is 13.0. The maximum absolute atomic E-state index is 12.1. The first kappa shape index (κ1) is 16.5. The predicted molar refractivity (Wildman–Crippen MR) is 94.9 cm³/mol. The van der Waals surface area contributed by atoms with Crippen LogP contribution in [0, 0.1) is 11.3 Å². The average Bonchev–Trinajstić information content (AvgIpc) is 2.91. The van der Waals surface area contributed by atoms with Crippen molar-refractivity contribution in [3.63, 3.8) is 0 Å². The van der Waals surface area contributed by atoms with E-state index >= 15 is 0 Å². The Morgan fingerprint density at radius 3 is 2.79 bits per heavy atom. The number of halogens is 2. The van der Waals surface area contributed by atoms with Gasteiger partial charge in [-0.15, -0.1) is 0 Å². The van der Waals surface area contributed by atoms with Gasteiger partial charge in [0.25, 0.3) is 0 Å². The van der Waals surface area contributed by atoms with Crippen LogP contribution in [0.5, 0.6) is 0 Å². The normalized spacial score (nSPS) is 11.5. The fourth-order valence-corrected chi connectivity index (χ4v) is 3.09. The SMILES string of the molecule is N#Cc1cccc(Cn2c(=O)[nH]sc2=Nc2ccc(Cl)c(Cl)c2)c1. The molecule has 0 fully saturated rings. The van der Waals surface area contributed by atoms with Crippen molar-refractivity contribution in [1.82, 2.24) is 8.94 Å². The first-order valence-electron chi connectivity index (χ1n) is 6.84. The quantitative estimate of drug-likeness (QED) is 0.756. The topological polar surface area (TPSA) is 73.9 Å². The Kier molecular flexibility index (Phi) is 4.86. The van der Waals surface area contributed by atoms with Crippen LogP contribution in [0.1, 0.15) is 11.1 Å².